The number of hydrogen-bond acceptors (Lipinski definition) is 3. The number of methoxy groups -OCH3 is 1. The summed E-state index contributed by atoms with van der Waals surface area (Å²) in [5, 5.41) is 5.95. The molecular weight excluding hydrogens is 266 g/mol. The van der Waals surface area contributed by atoms with Gasteiger partial charge in [-0.2, -0.15) is 0 Å². The van der Waals surface area contributed by atoms with Crippen LogP contribution in [0.5, 0.6) is 0 Å². The molecule has 1 aromatic carbocycles. The summed E-state index contributed by atoms with van der Waals surface area (Å²) in [6.45, 7) is 0.770. The molecule has 1 atom stereocenters. The lowest BCUT2D eigenvalue weighted by Gasteiger charge is -2.20. The van der Waals surface area contributed by atoms with E-state index in [0.717, 1.165) is 18.9 Å². The van der Waals surface area contributed by atoms with Gasteiger partial charge in [-0.1, -0.05) is 24.3 Å². The molecule has 106 valence electrons. The molecule has 3 heteroatoms. The van der Waals surface area contributed by atoms with Crippen LogP contribution in [0.4, 0.5) is 5.69 Å². The quantitative estimate of drug-likeness (QED) is 0.809. The highest BCUT2D eigenvalue weighted by atomic mass is 32.1. The molecule has 1 aliphatic rings. The number of benzene rings is 1. The highest BCUT2D eigenvalue weighted by molar-refractivity contribution is 7.10. The first-order valence-corrected chi connectivity index (χ1v) is 8.13. The molecule has 0 saturated heterocycles. The third-order valence-electron chi connectivity index (χ3n) is 3.85. The normalized spacial score (nSPS) is 16.1. The van der Waals surface area contributed by atoms with Crippen LogP contribution in [0, 0.1) is 5.92 Å². The van der Waals surface area contributed by atoms with Crippen LogP contribution in [0.3, 0.4) is 0 Å². The van der Waals surface area contributed by atoms with Gasteiger partial charge in [-0.3, -0.25) is 0 Å². The fraction of sp³-hybridized carbons (Fsp3) is 0.412. The lowest BCUT2D eigenvalue weighted by Crippen LogP contribution is -2.13. The maximum atomic E-state index is 5.21. The lowest BCUT2D eigenvalue weighted by atomic mass is 10.1. The van der Waals surface area contributed by atoms with Crippen molar-refractivity contribution in [2.45, 2.75) is 25.3 Å². The number of hydrogen-bond donors (Lipinski definition) is 1. The molecule has 1 saturated carbocycles. The number of ether oxygens (including phenoxy) is 1. The first-order valence-electron chi connectivity index (χ1n) is 7.25. The van der Waals surface area contributed by atoms with Gasteiger partial charge in [0.05, 0.1) is 12.6 Å². The van der Waals surface area contributed by atoms with Crippen molar-refractivity contribution >= 4 is 17.0 Å². The Morgan fingerprint density at radius 3 is 2.80 bits per heavy atom. The van der Waals surface area contributed by atoms with Crippen LogP contribution >= 0.6 is 11.3 Å². The monoisotopic (exact) mass is 287 g/mol. The first-order chi connectivity index (χ1) is 9.88. The minimum atomic E-state index is 0.471. The second-order valence-electron chi connectivity index (χ2n) is 5.37. The van der Waals surface area contributed by atoms with Gasteiger partial charge in [-0.25, -0.2) is 0 Å². The SMILES string of the molecule is COCCc1ccccc1NC(c1cccs1)C1CC1. The number of thiophene rings is 1. The van der Waals surface area contributed by atoms with Crippen molar-refractivity contribution < 1.29 is 4.74 Å². The summed E-state index contributed by atoms with van der Waals surface area (Å²) < 4.78 is 5.21. The first kappa shape index (κ1) is 13.7. The molecule has 1 aliphatic carbocycles. The number of anilines is 1. The van der Waals surface area contributed by atoms with Crippen LogP contribution in [-0.2, 0) is 11.2 Å². The largest absolute Gasteiger partial charge is 0.384 e. The van der Waals surface area contributed by atoms with Crippen LogP contribution in [0.15, 0.2) is 41.8 Å². The minimum Gasteiger partial charge on any atom is -0.384 e. The van der Waals surface area contributed by atoms with E-state index in [-0.39, 0.29) is 0 Å². The Balaban J connectivity index is 1.78. The molecule has 3 rings (SSSR count). The van der Waals surface area contributed by atoms with Crippen LogP contribution in [0.25, 0.3) is 0 Å². The van der Waals surface area contributed by atoms with Gasteiger partial charge in [-0.15, -0.1) is 11.3 Å². The second-order valence-corrected chi connectivity index (χ2v) is 6.35. The lowest BCUT2D eigenvalue weighted by molar-refractivity contribution is 0.202. The van der Waals surface area contributed by atoms with Crippen LogP contribution in [0.2, 0.25) is 0 Å². The zero-order chi connectivity index (χ0) is 13.8. The van der Waals surface area contributed by atoms with Crippen LogP contribution < -0.4 is 5.32 Å². The molecule has 2 nitrogen and oxygen atoms in total. The summed E-state index contributed by atoms with van der Waals surface area (Å²) in [7, 11) is 1.76. The molecular formula is C17H21NOS. The maximum absolute atomic E-state index is 5.21. The van der Waals surface area contributed by atoms with Gasteiger partial charge in [-0.05, 0) is 48.3 Å². The Bertz CT molecular complexity index is 534. The molecule has 2 aromatic rings. The van der Waals surface area contributed by atoms with Gasteiger partial charge >= 0.3 is 0 Å². The van der Waals surface area contributed by atoms with Gasteiger partial charge in [0.15, 0.2) is 0 Å². The molecule has 1 fully saturated rings. The summed E-state index contributed by atoms with van der Waals surface area (Å²) in [6, 6.07) is 13.5. The van der Waals surface area contributed by atoms with E-state index in [1.54, 1.807) is 7.11 Å². The Hall–Kier alpha value is -1.32. The summed E-state index contributed by atoms with van der Waals surface area (Å²) in [5.74, 6) is 0.795. The van der Waals surface area contributed by atoms with Crippen molar-refractivity contribution in [3.63, 3.8) is 0 Å². The predicted molar refractivity (Wildman–Crippen MR) is 85.4 cm³/mol. The molecule has 20 heavy (non-hydrogen) atoms. The number of rotatable bonds is 7. The van der Waals surface area contributed by atoms with Crippen molar-refractivity contribution in [2.24, 2.45) is 5.92 Å². The summed E-state index contributed by atoms with van der Waals surface area (Å²) >= 11 is 1.86. The van der Waals surface area contributed by atoms with Gasteiger partial charge in [0.1, 0.15) is 0 Å². The molecule has 1 N–H and O–H groups in total. The van der Waals surface area contributed by atoms with Crippen molar-refractivity contribution in [2.75, 3.05) is 19.0 Å². The molecule has 0 bridgehead atoms. The van der Waals surface area contributed by atoms with Crippen LogP contribution in [0.1, 0.15) is 29.3 Å². The molecule has 0 amide bonds. The Morgan fingerprint density at radius 2 is 2.10 bits per heavy atom. The highest BCUT2D eigenvalue weighted by Crippen LogP contribution is 2.44. The number of nitrogens with one attached hydrogen (secondary N) is 1. The average molecular weight is 287 g/mol. The molecule has 1 heterocycles. The Labute approximate surface area is 124 Å². The fourth-order valence-electron chi connectivity index (χ4n) is 2.58. The summed E-state index contributed by atoms with van der Waals surface area (Å²) in [5.41, 5.74) is 2.60. The standard InChI is InChI=1S/C17H21NOS/c1-19-11-10-13-5-2-3-6-15(13)18-17(14-8-9-14)16-7-4-12-20-16/h2-7,12,14,17-18H,8-11H2,1H3. The molecule has 0 aliphatic heterocycles. The summed E-state index contributed by atoms with van der Waals surface area (Å²) in [6.07, 6.45) is 3.65. The van der Waals surface area contributed by atoms with Crippen molar-refractivity contribution in [3.8, 4) is 0 Å². The Kier molecular flexibility index (Phi) is 4.38. The zero-order valence-corrected chi connectivity index (χ0v) is 12.7. The van der Waals surface area contributed by atoms with Crippen molar-refractivity contribution in [1.82, 2.24) is 0 Å². The number of para-hydroxylation sites is 1. The molecule has 1 aromatic heterocycles. The van der Waals surface area contributed by atoms with E-state index in [0.29, 0.717) is 6.04 Å². The molecule has 0 radical (unpaired) electrons. The van der Waals surface area contributed by atoms with E-state index in [1.807, 2.05) is 11.3 Å². The zero-order valence-electron chi connectivity index (χ0n) is 11.8. The van der Waals surface area contributed by atoms with E-state index in [4.69, 9.17) is 4.74 Å². The minimum absolute atomic E-state index is 0.471. The van der Waals surface area contributed by atoms with Crippen LogP contribution in [-0.4, -0.2) is 13.7 Å². The third kappa shape index (κ3) is 3.22. The van der Waals surface area contributed by atoms with E-state index in [9.17, 15) is 0 Å². The maximum Gasteiger partial charge on any atom is 0.0634 e. The fourth-order valence-corrected chi connectivity index (χ4v) is 3.45. The van der Waals surface area contributed by atoms with Gasteiger partial charge in [0.25, 0.3) is 0 Å². The molecule has 1 unspecified atom stereocenters. The second kappa shape index (κ2) is 6.42. The topological polar surface area (TPSA) is 21.3 Å². The summed E-state index contributed by atoms with van der Waals surface area (Å²) in [4.78, 5) is 1.45. The van der Waals surface area contributed by atoms with Crippen molar-refractivity contribution in [3.05, 3.63) is 52.2 Å². The van der Waals surface area contributed by atoms with Gasteiger partial charge in [0, 0.05) is 17.7 Å². The van der Waals surface area contributed by atoms with Gasteiger partial charge in [0.2, 0.25) is 0 Å². The van der Waals surface area contributed by atoms with Gasteiger partial charge < -0.3 is 10.1 Å². The van der Waals surface area contributed by atoms with Crippen molar-refractivity contribution in [1.29, 1.82) is 0 Å². The van der Waals surface area contributed by atoms with E-state index in [2.05, 4.69) is 47.1 Å². The molecule has 0 spiro atoms. The van der Waals surface area contributed by atoms with E-state index in [1.165, 1.54) is 29.0 Å². The predicted octanol–water partition coefficient (Wildman–Crippen LogP) is 4.50. The van der Waals surface area contributed by atoms with E-state index < -0.39 is 0 Å². The third-order valence-corrected chi connectivity index (χ3v) is 4.80. The Morgan fingerprint density at radius 1 is 1.25 bits per heavy atom. The smallest absolute Gasteiger partial charge is 0.0634 e. The highest BCUT2D eigenvalue weighted by Gasteiger charge is 2.33. The average Bonchev–Trinajstić information content (AvgIpc) is 3.18. The van der Waals surface area contributed by atoms with E-state index >= 15 is 0 Å².